The molecule has 3 rings (SSSR count). The Labute approximate surface area is 134 Å². The largest absolute Gasteiger partial charge is 0.339 e. The van der Waals surface area contributed by atoms with Crippen molar-refractivity contribution in [3.63, 3.8) is 0 Å². The maximum absolute atomic E-state index is 12.1. The molecule has 2 N–H and O–H groups in total. The predicted octanol–water partition coefficient (Wildman–Crippen LogP) is 4.39. The number of carbonyl (C=O) groups excluding carboxylic acids is 1. The van der Waals surface area contributed by atoms with Crippen molar-refractivity contribution in [2.24, 2.45) is 5.10 Å². The molecule has 0 spiro atoms. The molecule has 4 nitrogen and oxygen atoms in total. The number of fused-ring (bicyclic) bond motifs is 1. The lowest BCUT2D eigenvalue weighted by Gasteiger charge is -2.08. The van der Waals surface area contributed by atoms with Gasteiger partial charge in [-0.2, -0.15) is 5.10 Å². The number of anilines is 1. The molecule has 0 bridgehead atoms. The Morgan fingerprint density at radius 1 is 0.870 bits per heavy atom. The highest BCUT2D eigenvalue weighted by atomic mass is 16.2. The molecule has 0 fully saturated rings. The quantitative estimate of drug-likeness (QED) is 0.547. The number of amides is 2. The Balaban J connectivity index is 1.72. The molecule has 0 aromatic heterocycles. The summed E-state index contributed by atoms with van der Waals surface area (Å²) in [5.41, 5.74) is 5.01. The number of urea groups is 1. The van der Waals surface area contributed by atoms with Crippen molar-refractivity contribution < 1.29 is 4.79 Å². The van der Waals surface area contributed by atoms with E-state index in [1.807, 2.05) is 79.7 Å². The van der Waals surface area contributed by atoms with Crippen LogP contribution in [-0.2, 0) is 0 Å². The first-order valence-electron chi connectivity index (χ1n) is 7.38. The Kier molecular flexibility index (Phi) is 4.34. The van der Waals surface area contributed by atoms with Crippen LogP contribution in [0, 0.1) is 0 Å². The number of carbonyl (C=O) groups is 1. The van der Waals surface area contributed by atoms with Gasteiger partial charge in [-0.3, -0.25) is 0 Å². The molecule has 0 heterocycles. The summed E-state index contributed by atoms with van der Waals surface area (Å²) in [7, 11) is 0. The van der Waals surface area contributed by atoms with Gasteiger partial charge in [0.15, 0.2) is 0 Å². The summed E-state index contributed by atoms with van der Waals surface area (Å²) in [5, 5.41) is 9.03. The summed E-state index contributed by atoms with van der Waals surface area (Å²) < 4.78 is 0. The van der Waals surface area contributed by atoms with E-state index >= 15 is 0 Å². The second-order valence-corrected chi connectivity index (χ2v) is 5.16. The third kappa shape index (κ3) is 3.55. The fraction of sp³-hybridized carbons (Fsp3) is 0.0526. The third-order valence-corrected chi connectivity index (χ3v) is 3.55. The average molecular weight is 303 g/mol. The summed E-state index contributed by atoms with van der Waals surface area (Å²) in [4.78, 5) is 12.1. The van der Waals surface area contributed by atoms with Crippen molar-refractivity contribution >= 4 is 28.2 Å². The van der Waals surface area contributed by atoms with Crippen LogP contribution >= 0.6 is 0 Å². The van der Waals surface area contributed by atoms with Gasteiger partial charge in [0.2, 0.25) is 0 Å². The van der Waals surface area contributed by atoms with E-state index < -0.39 is 0 Å². The molecule has 0 aliphatic rings. The van der Waals surface area contributed by atoms with Crippen LogP contribution in [0.25, 0.3) is 10.8 Å². The van der Waals surface area contributed by atoms with Gasteiger partial charge in [-0.25, -0.2) is 10.2 Å². The molecule has 0 unspecified atom stereocenters. The summed E-state index contributed by atoms with van der Waals surface area (Å²) in [6.07, 6.45) is 0. The Hall–Kier alpha value is -3.14. The van der Waals surface area contributed by atoms with Gasteiger partial charge in [-0.05, 0) is 23.9 Å². The van der Waals surface area contributed by atoms with Gasteiger partial charge < -0.3 is 5.32 Å². The van der Waals surface area contributed by atoms with Crippen LogP contribution in [0.5, 0.6) is 0 Å². The van der Waals surface area contributed by atoms with E-state index in [1.165, 1.54) is 0 Å². The summed E-state index contributed by atoms with van der Waals surface area (Å²) >= 11 is 0. The first-order chi connectivity index (χ1) is 11.2. The molecule has 23 heavy (non-hydrogen) atoms. The first kappa shape index (κ1) is 14.8. The Morgan fingerprint density at radius 3 is 2.39 bits per heavy atom. The minimum Gasteiger partial charge on any atom is -0.306 e. The van der Waals surface area contributed by atoms with Crippen LogP contribution in [0.1, 0.15) is 12.5 Å². The minimum absolute atomic E-state index is 0.364. The number of nitrogens with one attached hydrogen (secondary N) is 2. The number of hydrogen-bond acceptors (Lipinski definition) is 2. The molecule has 0 saturated heterocycles. The normalized spacial score (nSPS) is 11.3. The number of hydrogen-bond donors (Lipinski definition) is 2. The second-order valence-electron chi connectivity index (χ2n) is 5.16. The van der Waals surface area contributed by atoms with Gasteiger partial charge in [0.05, 0.1) is 11.4 Å². The zero-order valence-electron chi connectivity index (χ0n) is 12.8. The molecule has 0 saturated carbocycles. The molecule has 3 aromatic rings. The van der Waals surface area contributed by atoms with Crippen LogP contribution in [-0.4, -0.2) is 11.7 Å². The van der Waals surface area contributed by atoms with Gasteiger partial charge in [-0.1, -0.05) is 66.7 Å². The third-order valence-electron chi connectivity index (χ3n) is 3.55. The standard InChI is InChI=1S/C19H17N3O/c1-14(15-8-3-2-4-9-15)21-22-19(23)20-18-13-7-11-16-10-5-6-12-17(16)18/h2-13H,1H3,(H2,20,22,23)/b21-14+. The van der Waals surface area contributed by atoms with Gasteiger partial charge in [0, 0.05) is 5.39 Å². The van der Waals surface area contributed by atoms with E-state index in [0.717, 1.165) is 27.7 Å². The van der Waals surface area contributed by atoms with E-state index in [-0.39, 0.29) is 6.03 Å². The first-order valence-corrected chi connectivity index (χ1v) is 7.38. The van der Waals surface area contributed by atoms with E-state index in [0.29, 0.717) is 0 Å². The van der Waals surface area contributed by atoms with E-state index in [1.54, 1.807) is 0 Å². The molecule has 0 atom stereocenters. The predicted molar refractivity (Wildman–Crippen MR) is 94.8 cm³/mol. The van der Waals surface area contributed by atoms with Crippen molar-refractivity contribution in [1.82, 2.24) is 5.43 Å². The van der Waals surface area contributed by atoms with Crippen molar-refractivity contribution in [2.45, 2.75) is 6.92 Å². The molecular weight excluding hydrogens is 286 g/mol. The van der Waals surface area contributed by atoms with E-state index in [4.69, 9.17) is 0 Å². The van der Waals surface area contributed by atoms with Crippen molar-refractivity contribution in [2.75, 3.05) is 5.32 Å². The zero-order valence-corrected chi connectivity index (χ0v) is 12.8. The highest BCUT2D eigenvalue weighted by molar-refractivity contribution is 6.03. The van der Waals surface area contributed by atoms with Gasteiger partial charge in [-0.15, -0.1) is 0 Å². The Bertz CT molecular complexity index is 851. The topological polar surface area (TPSA) is 53.5 Å². The maximum Gasteiger partial charge on any atom is 0.339 e. The summed E-state index contributed by atoms with van der Waals surface area (Å²) in [6, 6.07) is 23.0. The highest BCUT2D eigenvalue weighted by Crippen LogP contribution is 2.22. The molecular formula is C19H17N3O. The van der Waals surface area contributed by atoms with E-state index in [9.17, 15) is 4.79 Å². The molecule has 114 valence electrons. The second kappa shape index (κ2) is 6.75. The lowest BCUT2D eigenvalue weighted by atomic mass is 10.1. The van der Waals surface area contributed by atoms with Gasteiger partial charge in [0.1, 0.15) is 0 Å². The summed E-state index contributed by atoms with van der Waals surface area (Å²) in [6.45, 7) is 1.85. The molecule has 4 heteroatoms. The monoisotopic (exact) mass is 303 g/mol. The maximum atomic E-state index is 12.1. The lowest BCUT2D eigenvalue weighted by molar-refractivity contribution is 0.252. The fourth-order valence-electron chi connectivity index (χ4n) is 2.36. The van der Waals surface area contributed by atoms with Crippen LogP contribution in [0.3, 0.4) is 0 Å². The molecule has 0 radical (unpaired) electrons. The molecule has 2 amide bonds. The van der Waals surface area contributed by atoms with E-state index in [2.05, 4.69) is 15.8 Å². The fourth-order valence-corrected chi connectivity index (χ4v) is 2.36. The minimum atomic E-state index is -0.364. The van der Waals surface area contributed by atoms with Crippen LogP contribution in [0.4, 0.5) is 10.5 Å². The van der Waals surface area contributed by atoms with Crippen LogP contribution in [0.15, 0.2) is 77.9 Å². The molecule has 0 aliphatic carbocycles. The number of nitrogens with zero attached hydrogens (tertiary/aromatic N) is 1. The Morgan fingerprint density at radius 2 is 1.57 bits per heavy atom. The average Bonchev–Trinajstić information content (AvgIpc) is 2.61. The van der Waals surface area contributed by atoms with Crippen molar-refractivity contribution in [1.29, 1.82) is 0 Å². The van der Waals surface area contributed by atoms with Gasteiger partial charge >= 0.3 is 6.03 Å². The smallest absolute Gasteiger partial charge is 0.306 e. The number of benzene rings is 3. The zero-order chi connectivity index (χ0) is 16.1. The van der Waals surface area contributed by atoms with Crippen molar-refractivity contribution in [3.05, 3.63) is 78.4 Å². The van der Waals surface area contributed by atoms with Crippen LogP contribution in [0.2, 0.25) is 0 Å². The lowest BCUT2D eigenvalue weighted by Crippen LogP contribution is -2.25. The van der Waals surface area contributed by atoms with Crippen molar-refractivity contribution in [3.8, 4) is 0 Å². The van der Waals surface area contributed by atoms with Gasteiger partial charge in [0.25, 0.3) is 0 Å². The SMILES string of the molecule is C/C(=N\NC(=O)Nc1cccc2ccccc12)c1ccccc1. The number of rotatable bonds is 3. The van der Waals surface area contributed by atoms with Crippen LogP contribution < -0.4 is 10.7 Å². The highest BCUT2D eigenvalue weighted by Gasteiger charge is 2.04. The molecule has 0 aliphatic heterocycles. The molecule has 3 aromatic carbocycles. The number of hydrazone groups is 1. The summed E-state index contributed by atoms with van der Waals surface area (Å²) in [5.74, 6) is 0.